The number of hydrogen-bond acceptors (Lipinski definition) is 21. The van der Waals surface area contributed by atoms with E-state index >= 15 is 0 Å². The average Bonchev–Trinajstić information content (AvgIpc) is 1.79. The Balaban J connectivity index is 3.27. The number of aliphatic hydroxyl groups excluding tert-OH is 1. The van der Waals surface area contributed by atoms with E-state index in [1.807, 2.05) is 13.8 Å². The quantitative estimate of drug-likeness (QED) is 0.0291. The molecule has 20 amide bonds. The van der Waals surface area contributed by atoms with Gasteiger partial charge in [0.15, 0.2) is 0 Å². The Hall–Kier alpha value is -10.6. The molecule has 0 aromatic carbocycles. The van der Waals surface area contributed by atoms with E-state index in [0.29, 0.717) is 12.8 Å². The third kappa shape index (κ3) is 36.0. The molecule has 0 saturated carbocycles. The third-order valence-corrected chi connectivity index (χ3v) is 20.8. The lowest BCUT2D eigenvalue weighted by Gasteiger charge is -2.36. The van der Waals surface area contributed by atoms with Gasteiger partial charge in [0, 0.05) is 26.3 Å². The summed E-state index contributed by atoms with van der Waals surface area (Å²) in [5.74, 6) is -17.7. The smallest absolute Gasteiger partial charge is 0.248 e. The summed E-state index contributed by atoms with van der Waals surface area (Å²) in [7, 11) is 0. The van der Waals surface area contributed by atoms with Crippen LogP contribution in [0.5, 0.6) is 0 Å². The summed E-state index contributed by atoms with van der Waals surface area (Å²) in [5.41, 5.74) is -1.04. The van der Waals surface area contributed by atoms with Crippen molar-refractivity contribution in [2.45, 2.75) is 344 Å². The minimum absolute atomic E-state index is 0.0130. The zero-order chi connectivity index (χ0) is 95.3. The molecule has 41 nitrogen and oxygen atoms in total. The second-order valence-electron chi connectivity index (χ2n) is 36.8. The number of hydrogen-bond donors (Lipinski definition) is 20. The molecule has 41 heteroatoms. The Kier molecular flexibility index (Phi) is 42.9. The van der Waals surface area contributed by atoms with Crippen molar-refractivity contribution >= 4 is 118 Å². The van der Waals surface area contributed by atoms with Crippen LogP contribution in [-0.4, -0.2) is 248 Å². The van der Waals surface area contributed by atoms with Gasteiger partial charge in [0.25, 0.3) is 0 Å². The fourth-order valence-corrected chi connectivity index (χ4v) is 12.8. The highest BCUT2D eigenvalue weighted by Crippen LogP contribution is 2.25. The lowest BCUT2D eigenvalue weighted by atomic mass is 9.93. The van der Waals surface area contributed by atoms with Crippen LogP contribution in [0.15, 0.2) is 0 Å². The fraction of sp³-hybridized carbons (Fsp3) is 0.756. The molecule has 22 N–H and O–H groups in total. The number of carbonyl (C=O) groups excluding carboxylic acids is 20. The average molecular weight is 1750 g/mol. The van der Waals surface area contributed by atoms with Crippen LogP contribution in [0.1, 0.15) is 251 Å². The Morgan fingerprint density at radius 3 is 1.15 bits per heavy atom. The number of rotatable bonds is 51. The predicted octanol–water partition coefficient (Wildman–Crippen LogP) is -2.85. The van der Waals surface area contributed by atoms with Gasteiger partial charge in [-0.05, 0) is 177 Å². The summed E-state index contributed by atoms with van der Waals surface area (Å²) in [6.45, 7) is 37.7. The zero-order valence-electron chi connectivity index (χ0n) is 76.9. The topological polar surface area (TPSA) is 621 Å². The highest BCUT2D eigenvalue weighted by atomic mass is 16.3. The van der Waals surface area contributed by atoms with Crippen molar-refractivity contribution in [1.29, 1.82) is 0 Å². The summed E-state index contributed by atoms with van der Waals surface area (Å²) in [6, 6.07) is -11.3. The van der Waals surface area contributed by atoms with Crippen molar-refractivity contribution in [3.8, 4) is 0 Å². The highest BCUT2D eigenvalue weighted by Gasteiger charge is 2.47. The molecule has 1 fully saturated rings. The minimum atomic E-state index is -1.81. The summed E-state index contributed by atoms with van der Waals surface area (Å²) in [4.78, 5) is 273. The van der Waals surface area contributed by atoms with E-state index in [2.05, 4.69) is 90.4 Å². The first-order valence-electron chi connectivity index (χ1n) is 42.0. The number of nitrogens with two attached hydrogens (primary N) is 2. The van der Waals surface area contributed by atoms with Gasteiger partial charge in [-0.15, -0.1) is 0 Å². The van der Waals surface area contributed by atoms with E-state index in [9.17, 15) is 101 Å². The van der Waals surface area contributed by atoms with Crippen molar-refractivity contribution in [3.05, 3.63) is 0 Å². The van der Waals surface area contributed by atoms with Crippen molar-refractivity contribution in [2.24, 2.45) is 41.1 Å². The molecule has 0 spiro atoms. The van der Waals surface area contributed by atoms with Crippen molar-refractivity contribution < 1.29 is 101 Å². The molecular weight excluding hydrogens is 1600 g/mol. The predicted molar refractivity (Wildman–Crippen MR) is 454 cm³/mol. The molecule has 0 aromatic heterocycles. The minimum Gasteiger partial charge on any atom is -0.394 e. The Morgan fingerprint density at radius 1 is 0.390 bits per heavy atom. The Bertz CT molecular complexity index is 3820. The van der Waals surface area contributed by atoms with Gasteiger partial charge >= 0.3 is 0 Å². The van der Waals surface area contributed by atoms with Crippen LogP contribution in [0, 0.1) is 29.6 Å². The molecule has 0 bridgehead atoms. The molecule has 0 unspecified atom stereocenters. The van der Waals surface area contributed by atoms with Crippen LogP contribution < -0.4 is 102 Å². The summed E-state index contributed by atoms with van der Waals surface area (Å²) < 4.78 is 0. The van der Waals surface area contributed by atoms with E-state index < -0.39 is 256 Å². The van der Waals surface area contributed by atoms with Gasteiger partial charge in [0.05, 0.1) is 25.7 Å². The maximum absolute atomic E-state index is 14.6. The Morgan fingerprint density at radius 2 is 0.756 bits per heavy atom. The van der Waals surface area contributed by atoms with Crippen LogP contribution in [0.2, 0.25) is 0 Å². The normalized spacial score (nSPS) is 16.1. The highest BCUT2D eigenvalue weighted by molar-refractivity contribution is 6.04. The standard InChI is InChI=1S/C82H144N20O21/c1-27-81(25,73(121)91-50(31-33-55(83)105)62(110)88-49(41-103)36-42(3)4)101-72(120)79(21,22)97-65(113)53(38-44(7)8)90-66(114)54-30-29-35-102(54)75(123)80(23,24)98-64(112)52(37-43(5)6)89-58(108)40-86-70(118)77(17,18)99-68(116)60(46(11)12)94-67(115)59(45(9)10)93-63(111)51(32-34-56(84)106)92-74(122)82(26,28-2)100-71(119)78(19,20)96-61(109)47(13)87-57(107)39-85-69(117)76(15,16)95-48(14)104/h42-47,49-54,59-60,103H,27-41H2,1-26H3,(H2,83,105)(H2,84,106)(H,85,117)(H,86,118)(H,87,107)(H,88,110)(H,89,108)(H,90,114)(H,91,121)(H,92,122)(H,93,111)(H,94,115)(H,95,104)(H,96,109)(H,97,113)(H,98,112)(H,99,116)(H,100,119)(H,101,120)/t47-,49+,50-,51-,52+,53+,54+,59-,60-,81+,82-/m0/s1. The van der Waals surface area contributed by atoms with Crippen LogP contribution in [0.3, 0.4) is 0 Å². The van der Waals surface area contributed by atoms with Gasteiger partial charge in [0.1, 0.15) is 87.1 Å². The van der Waals surface area contributed by atoms with E-state index in [0.717, 1.165) is 0 Å². The van der Waals surface area contributed by atoms with Gasteiger partial charge in [-0.3, -0.25) is 95.9 Å². The summed E-state index contributed by atoms with van der Waals surface area (Å²) in [5, 5.41) is 53.8. The lowest BCUT2D eigenvalue weighted by molar-refractivity contribution is -0.145. The SMILES string of the molecule is CC[C@@](C)(NC(=O)C(C)(C)NC(=O)[C@@H](CC(C)C)NC(=O)[C@H]1CCCN1C(=O)C(C)(C)NC(=O)[C@@H](CC(C)C)NC(=O)CNC(=O)C(C)(C)NC(=O)[C@@H](NC(=O)[C@@H](NC(=O)[C@H](CCC(N)=O)NC(=O)[C@](C)(CC)NC(=O)C(C)(C)NC(=O)[C@H](C)NC(=O)CNC(=O)C(C)(C)NC(C)=O)C(C)C)C(C)C)C(=O)N[C@@H](CCC(N)=O)C(=O)N[C@@H](CO)CC(C)C. The summed E-state index contributed by atoms with van der Waals surface area (Å²) in [6.07, 6.45) is -0.417. The van der Waals surface area contributed by atoms with Crippen LogP contribution in [0.25, 0.3) is 0 Å². The second-order valence-corrected chi connectivity index (χ2v) is 36.8. The lowest BCUT2D eigenvalue weighted by Crippen LogP contribution is -2.66. The zero-order valence-corrected chi connectivity index (χ0v) is 76.9. The Labute approximate surface area is 722 Å². The molecule has 0 aromatic rings. The van der Waals surface area contributed by atoms with Crippen molar-refractivity contribution in [2.75, 3.05) is 26.2 Å². The third-order valence-electron chi connectivity index (χ3n) is 20.8. The molecule has 0 aliphatic carbocycles. The largest absolute Gasteiger partial charge is 0.394 e. The number of nitrogens with zero attached hydrogens (tertiary/aromatic N) is 1. The number of aliphatic hydroxyl groups is 1. The van der Waals surface area contributed by atoms with Crippen molar-refractivity contribution in [1.82, 2.24) is 95.3 Å². The van der Waals surface area contributed by atoms with E-state index in [4.69, 9.17) is 11.5 Å². The molecule has 698 valence electrons. The number of amides is 20. The molecular formula is C82H144N20O21. The molecule has 1 aliphatic heterocycles. The van der Waals surface area contributed by atoms with Crippen LogP contribution in [0.4, 0.5) is 0 Å². The van der Waals surface area contributed by atoms with Crippen LogP contribution in [-0.2, 0) is 95.9 Å². The van der Waals surface area contributed by atoms with E-state index in [1.165, 1.54) is 109 Å². The van der Waals surface area contributed by atoms with Gasteiger partial charge in [-0.1, -0.05) is 83.1 Å². The molecule has 0 radical (unpaired) electrons. The summed E-state index contributed by atoms with van der Waals surface area (Å²) >= 11 is 0. The molecule has 1 saturated heterocycles. The molecule has 1 heterocycles. The number of nitrogens with one attached hydrogen (secondary N) is 17. The number of carbonyl (C=O) groups is 20. The fourth-order valence-electron chi connectivity index (χ4n) is 12.8. The van der Waals surface area contributed by atoms with E-state index in [1.54, 1.807) is 62.3 Å². The molecule has 1 rings (SSSR count). The first-order valence-corrected chi connectivity index (χ1v) is 42.0. The van der Waals surface area contributed by atoms with Gasteiger partial charge in [0.2, 0.25) is 118 Å². The monoisotopic (exact) mass is 1750 g/mol. The van der Waals surface area contributed by atoms with Gasteiger partial charge < -0.3 is 112 Å². The van der Waals surface area contributed by atoms with Crippen molar-refractivity contribution in [3.63, 3.8) is 0 Å². The number of primary amides is 2. The number of likely N-dealkylation sites (tertiary alicyclic amines) is 1. The maximum Gasteiger partial charge on any atom is 0.248 e. The molecule has 11 atom stereocenters. The van der Waals surface area contributed by atoms with Crippen LogP contribution >= 0.6 is 0 Å². The first-order chi connectivity index (χ1) is 56.3. The second kappa shape index (κ2) is 47.8. The van der Waals surface area contributed by atoms with E-state index in [-0.39, 0.29) is 69.2 Å². The first kappa shape index (κ1) is 110. The molecule has 1 aliphatic rings. The maximum atomic E-state index is 14.6. The van der Waals surface area contributed by atoms with Gasteiger partial charge in [-0.25, -0.2) is 0 Å². The van der Waals surface area contributed by atoms with Gasteiger partial charge in [-0.2, -0.15) is 0 Å². The molecule has 123 heavy (non-hydrogen) atoms.